The van der Waals surface area contributed by atoms with Gasteiger partial charge in [0.05, 0.1) is 0 Å². The molecule has 1 aromatic rings. The van der Waals surface area contributed by atoms with E-state index in [1.165, 1.54) is 6.42 Å². The minimum atomic E-state index is -0.0279. The second-order valence-electron chi connectivity index (χ2n) is 5.31. The van der Waals surface area contributed by atoms with Crippen LogP contribution in [0.15, 0.2) is 30.3 Å². The molecule has 20 heavy (non-hydrogen) atoms. The van der Waals surface area contributed by atoms with Crippen LogP contribution in [0.3, 0.4) is 0 Å². The van der Waals surface area contributed by atoms with Crippen LogP contribution in [0.1, 0.15) is 36.0 Å². The average Bonchev–Trinajstić information content (AvgIpc) is 2.52. The Morgan fingerprint density at radius 3 is 2.70 bits per heavy atom. The highest BCUT2D eigenvalue weighted by atomic mass is 16.2. The molecule has 1 fully saturated rings. The van der Waals surface area contributed by atoms with Crippen LogP contribution in [0.25, 0.3) is 0 Å². The molecule has 0 spiro atoms. The van der Waals surface area contributed by atoms with Crippen molar-refractivity contribution in [3.63, 3.8) is 0 Å². The summed E-state index contributed by atoms with van der Waals surface area (Å²) in [6, 6.07) is 9.12. The zero-order chi connectivity index (χ0) is 14.2. The maximum atomic E-state index is 11.9. The molecule has 1 amide bonds. The maximum Gasteiger partial charge on any atom is 0.220 e. The van der Waals surface area contributed by atoms with E-state index in [4.69, 9.17) is 0 Å². The predicted octanol–water partition coefficient (Wildman–Crippen LogP) is 1.77. The quantitative estimate of drug-likeness (QED) is 0.777. The Morgan fingerprint density at radius 2 is 2.00 bits per heavy atom. The number of hydrogen-bond donors (Lipinski definition) is 2. The van der Waals surface area contributed by atoms with Gasteiger partial charge in [-0.2, -0.15) is 0 Å². The van der Waals surface area contributed by atoms with Gasteiger partial charge in [-0.1, -0.05) is 30.3 Å². The first-order valence-electron chi connectivity index (χ1n) is 7.31. The van der Waals surface area contributed by atoms with Gasteiger partial charge in [-0.15, -0.1) is 0 Å². The third kappa shape index (κ3) is 4.78. The molecule has 1 saturated heterocycles. The Morgan fingerprint density at radius 1 is 1.20 bits per heavy atom. The average molecular weight is 274 g/mol. The molecule has 1 aliphatic heterocycles. The van der Waals surface area contributed by atoms with Crippen molar-refractivity contribution < 1.29 is 9.59 Å². The molecule has 0 aliphatic carbocycles. The van der Waals surface area contributed by atoms with Crippen LogP contribution in [0.4, 0.5) is 0 Å². The summed E-state index contributed by atoms with van der Waals surface area (Å²) >= 11 is 0. The molecular formula is C16H22N2O2. The monoisotopic (exact) mass is 274 g/mol. The summed E-state index contributed by atoms with van der Waals surface area (Å²) in [4.78, 5) is 23.6. The zero-order valence-corrected chi connectivity index (χ0v) is 11.7. The van der Waals surface area contributed by atoms with Crippen molar-refractivity contribution in [2.24, 2.45) is 5.92 Å². The molecule has 1 aliphatic rings. The lowest BCUT2D eigenvalue weighted by molar-refractivity contribution is -0.121. The molecular weight excluding hydrogens is 252 g/mol. The summed E-state index contributed by atoms with van der Waals surface area (Å²) in [7, 11) is 0. The van der Waals surface area contributed by atoms with Gasteiger partial charge in [-0.3, -0.25) is 9.59 Å². The van der Waals surface area contributed by atoms with Gasteiger partial charge in [-0.05, 0) is 31.8 Å². The number of piperidine rings is 1. The van der Waals surface area contributed by atoms with Crippen LogP contribution < -0.4 is 10.6 Å². The number of carbonyl (C=O) groups is 2. The SMILES string of the molecule is O=C(CCC(=O)c1ccccc1)NCC1CCCNC1. The summed E-state index contributed by atoms with van der Waals surface area (Å²) in [6.07, 6.45) is 2.88. The molecule has 2 N–H and O–H groups in total. The molecule has 108 valence electrons. The van der Waals surface area contributed by atoms with E-state index in [-0.39, 0.29) is 24.5 Å². The summed E-state index contributed by atoms with van der Waals surface area (Å²) in [5, 5.41) is 6.25. The van der Waals surface area contributed by atoms with E-state index < -0.39 is 0 Å². The lowest BCUT2D eigenvalue weighted by atomic mass is 9.99. The molecule has 0 radical (unpaired) electrons. The summed E-state index contributed by atoms with van der Waals surface area (Å²) in [5.41, 5.74) is 0.678. The first kappa shape index (κ1) is 14.7. The molecule has 1 atom stereocenters. The van der Waals surface area contributed by atoms with Crippen molar-refractivity contribution in [1.29, 1.82) is 0 Å². The largest absolute Gasteiger partial charge is 0.356 e. The van der Waals surface area contributed by atoms with E-state index in [0.717, 1.165) is 19.5 Å². The van der Waals surface area contributed by atoms with Crippen LogP contribution in [0.2, 0.25) is 0 Å². The second-order valence-corrected chi connectivity index (χ2v) is 5.31. The Kier molecular flexibility index (Phi) is 5.74. The molecule has 0 aromatic heterocycles. The van der Waals surface area contributed by atoms with Crippen molar-refractivity contribution in [1.82, 2.24) is 10.6 Å². The summed E-state index contributed by atoms with van der Waals surface area (Å²) in [5.74, 6) is 0.525. The normalized spacial score (nSPS) is 18.5. The third-order valence-corrected chi connectivity index (χ3v) is 3.66. The standard InChI is InChI=1S/C16H22N2O2/c19-15(14-6-2-1-3-7-14)8-9-16(20)18-12-13-5-4-10-17-11-13/h1-3,6-7,13,17H,4-5,8-12H2,(H,18,20). The second kappa shape index (κ2) is 7.80. The highest BCUT2D eigenvalue weighted by molar-refractivity contribution is 5.97. The van der Waals surface area contributed by atoms with Crippen molar-refractivity contribution >= 4 is 11.7 Å². The van der Waals surface area contributed by atoms with Crippen molar-refractivity contribution in [2.75, 3.05) is 19.6 Å². The smallest absolute Gasteiger partial charge is 0.220 e. The maximum absolute atomic E-state index is 11.9. The number of benzene rings is 1. The number of rotatable bonds is 6. The number of ketones is 1. The number of carbonyl (C=O) groups excluding carboxylic acids is 2. The highest BCUT2D eigenvalue weighted by Crippen LogP contribution is 2.09. The van der Waals surface area contributed by atoms with E-state index in [0.29, 0.717) is 18.0 Å². The van der Waals surface area contributed by atoms with E-state index >= 15 is 0 Å². The Balaban J connectivity index is 1.66. The van der Waals surface area contributed by atoms with Crippen LogP contribution >= 0.6 is 0 Å². The number of nitrogens with one attached hydrogen (secondary N) is 2. The predicted molar refractivity (Wildman–Crippen MR) is 78.6 cm³/mol. The van der Waals surface area contributed by atoms with Crippen LogP contribution in [0, 0.1) is 5.92 Å². The Hall–Kier alpha value is -1.68. The van der Waals surface area contributed by atoms with Crippen LogP contribution in [-0.4, -0.2) is 31.3 Å². The Bertz CT molecular complexity index is 439. The molecule has 1 heterocycles. The molecule has 1 aromatic carbocycles. The molecule has 4 nitrogen and oxygen atoms in total. The lowest BCUT2D eigenvalue weighted by Crippen LogP contribution is -2.38. The van der Waals surface area contributed by atoms with Crippen molar-refractivity contribution in [2.45, 2.75) is 25.7 Å². The fourth-order valence-corrected chi connectivity index (χ4v) is 2.44. The van der Waals surface area contributed by atoms with Crippen LogP contribution in [-0.2, 0) is 4.79 Å². The van der Waals surface area contributed by atoms with Gasteiger partial charge < -0.3 is 10.6 Å². The highest BCUT2D eigenvalue weighted by Gasteiger charge is 2.14. The van der Waals surface area contributed by atoms with E-state index in [1.54, 1.807) is 12.1 Å². The first-order chi connectivity index (χ1) is 9.75. The molecule has 0 bridgehead atoms. The number of hydrogen-bond acceptors (Lipinski definition) is 3. The molecule has 4 heteroatoms. The fraction of sp³-hybridized carbons (Fsp3) is 0.500. The minimum absolute atomic E-state index is 0.0279. The number of Topliss-reactive ketones (excluding diaryl/α,β-unsaturated/α-hetero) is 1. The third-order valence-electron chi connectivity index (χ3n) is 3.66. The van der Waals surface area contributed by atoms with E-state index in [2.05, 4.69) is 10.6 Å². The van der Waals surface area contributed by atoms with E-state index in [9.17, 15) is 9.59 Å². The lowest BCUT2D eigenvalue weighted by Gasteiger charge is -2.22. The van der Waals surface area contributed by atoms with Gasteiger partial charge in [0.2, 0.25) is 5.91 Å². The van der Waals surface area contributed by atoms with Crippen LogP contribution in [0.5, 0.6) is 0 Å². The van der Waals surface area contributed by atoms with Gasteiger partial charge in [-0.25, -0.2) is 0 Å². The van der Waals surface area contributed by atoms with Crippen molar-refractivity contribution in [3.05, 3.63) is 35.9 Å². The first-order valence-corrected chi connectivity index (χ1v) is 7.31. The van der Waals surface area contributed by atoms with Crippen molar-refractivity contribution in [3.8, 4) is 0 Å². The van der Waals surface area contributed by atoms with Gasteiger partial charge in [0.25, 0.3) is 0 Å². The fourth-order valence-electron chi connectivity index (χ4n) is 2.44. The molecule has 2 rings (SSSR count). The molecule has 1 unspecified atom stereocenters. The van der Waals surface area contributed by atoms with Gasteiger partial charge in [0.15, 0.2) is 5.78 Å². The summed E-state index contributed by atoms with van der Waals surface area (Å²) < 4.78 is 0. The van der Waals surface area contributed by atoms with Gasteiger partial charge >= 0.3 is 0 Å². The topological polar surface area (TPSA) is 58.2 Å². The van der Waals surface area contributed by atoms with Gasteiger partial charge in [0, 0.05) is 24.9 Å². The summed E-state index contributed by atoms with van der Waals surface area (Å²) in [6.45, 7) is 2.77. The minimum Gasteiger partial charge on any atom is -0.356 e. The van der Waals surface area contributed by atoms with Gasteiger partial charge in [0.1, 0.15) is 0 Å². The zero-order valence-electron chi connectivity index (χ0n) is 11.7. The number of amides is 1. The van der Waals surface area contributed by atoms with E-state index in [1.807, 2.05) is 18.2 Å². The molecule has 0 saturated carbocycles. The Labute approximate surface area is 119 Å².